The van der Waals surface area contributed by atoms with Gasteiger partial charge in [0, 0.05) is 11.9 Å². The molecule has 3 nitrogen and oxygen atoms in total. The first-order valence-corrected chi connectivity index (χ1v) is 7.04. The first kappa shape index (κ1) is 15.8. The molecule has 0 aliphatic heterocycles. The molecule has 0 aliphatic rings. The van der Waals surface area contributed by atoms with Crippen LogP contribution in [-0.4, -0.2) is 24.9 Å². The third kappa shape index (κ3) is 4.43. The standard InChI is InChI=1S/C15H22ClNO2/c1-10(2)13(7-8-16)17-15(18)12-9-11(3)5-6-14(12)19-4/h5-6,9-10,13H,7-8H2,1-4H3,(H,17,18). The van der Waals surface area contributed by atoms with E-state index in [2.05, 4.69) is 19.2 Å². The number of nitrogens with one attached hydrogen (secondary N) is 1. The minimum absolute atomic E-state index is 0.0789. The fraction of sp³-hybridized carbons (Fsp3) is 0.533. The number of hydrogen-bond acceptors (Lipinski definition) is 2. The summed E-state index contributed by atoms with van der Waals surface area (Å²) in [4.78, 5) is 12.3. The molecule has 19 heavy (non-hydrogen) atoms. The van der Waals surface area contributed by atoms with Crippen molar-refractivity contribution in [2.45, 2.75) is 33.2 Å². The van der Waals surface area contributed by atoms with E-state index in [1.807, 2.05) is 25.1 Å². The third-order valence-electron chi connectivity index (χ3n) is 3.14. The SMILES string of the molecule is COc1ccc(C)cc1C(=O)NC(CCCl)C(C)C. The molecule has 0 saturated carbocycles. The van der Waals surface area contributed by atoms with Crippen molar-refractivity contribution in [3.63, 3.8) is 0 Å². The molecule has 0 aliphatic carbocycles. The molecular weight excluding hydrogens is 262 g/mol. The molecule has 1 aromatic carbocycles. The molecule has 1 rings (SSSR count). The summed E-state index contributed by atoms with van der Waals surface area (Å²) in [6.45, 7) is 6.10. The average Bonchev–Trinajstić information content (AvgIpc) is 2.37. The van der Waals surface area contributed by atoms with Gasteiger partial charge in [-0.25, -0.2) is 0 Å². The van der Waals surface area contributed by atoms with E-state index in [1.54, 1.807) is 7.11 Å². The Bertz CT molecular complexity index is 432. The molecule has 0 heterocycles. The van der Waals surface area contributed by atoms with Crippen molar-refractivity contribution in [3.05, 3.63) is 29.3 Å². The molecule has 4 heteroatoms. The predicted molar refractivity (Wildman–Crippen MR) is 79.2 cm³/mol. The zero-order chi connectivity index (χ0) is 14.4. The minimum Gasteiger partial charge on any atom is -0.496 e. The maximum atomic E-state index is 12.3. The number of amides is 1. The molecule has 0 spiro atoms. The molecule has 0 bridgehead atoms. The first-order valence-electron chi connectivity index (χ1n) is 6.51. The van der Waals surface area contributed by atoms with Gasteiger partial charge in [-0.1, -0.05) is 25.5 Å². The number of hydrogen-bond donors (Lipinski definition) is 1. The minimum atomic E-state index is -0.107. The van der Waals surface area contributed by atoms with Crippen LogP contribution >= 0.6 is 11.6 Å². The van der Waals surface area contributed by atoms with E-state index in [0.29, 0.717) is 23.1 Å². The lowest BCUT2D eigenvalue weighted by atomic mass is 10.0. The highest BCUT2D eigenvalue weighted by atomic mass is 35.5. The van der Waals surface area contributed by atoms with Gasteiger partial charge in [-0.3, -0.25) is 4.79 Å². The number of alkyl halides is 1. The second-order valence-electron chi connectivity index (χ2n) is 5.01. The fourth-order valence-corrected chi connectivity index (χ4v) is 2.17. The lowest BCUT2D eigenvalue weighted by Gasteiger charge is -2.22. The Hall–Kier alpha value is -1.22. The van der Waals surface area contributed by atoms with Gasteiger partial charge in [-0.05, 0) is 31.4 Å². The average molecular weight is 284 g/mol. The molecule has 1 amide bonds. The predicted octanol–water partition coefficient (Wildman–Crippen LogP) is 3.39. The van der Waals surface area contributed by atoms with E-state index in [-0.39, 0.29) is 11.9 Å². The van der Waals surface area contributed by atoms with Crippen LogP contribution in [0.5, 0.6) is 5.75 Å². The lowest BCUT2D eigenvalue weighted by Crippen LogP contribution is -2.39. The fourth-order valence-electron chi connectivity index (χ4n) is 1.94. The van der Waals surface area contributed by atoms with Crippen molar-refractivity contribution in [3.8, 4) is 5.75 Å². The van der Waals surface area contributed by atoms with Crippen LogP contribution in [-0.2, 0) is 0 Å². The van der Waals surface area contributed by atoms with E-state index in [4.69, 9.17) is 16.3 Å². The zero-order valence-corrected chi connectivity index (χ0v) is 12.8. The van der Waals surface area contributed by atoms with E-state index >= 15 is 0 Å². The van der Waals surface area contributed by atoms with Crippen LogP contribution in [0.3, 0.4) is 0 Å². The summed E-state index contributed by atoms with van der Waals surface area (Å²) in [7, 11) is 1.57. The normalized spacial score (nSPS) is 12.3. The number of halogens is 1. The Morgan fingerprint density at radius 2 is 2.11 bits per heavy atom. The summed E-state index contributed by atoms with van der Waals surface area (Å²) in [5.41, 5.74) is 1.60. The van der Waals surface area contributed by atoms with Crippen LogP contribution in [0.2, 0.25) is 0 Å². The summed E-state index contributed by atoms with van der Waals surface area (Å²) in [6, 6.07) is 5.66. The smallest absolute Gasteiger partial charge is 0.255 e. The van der Waals surface area contributed by atoms with E-state index < -0.39 is 0 Å². The van der Waals surface area contributed by atoms with Crippen LogP contribution in [0.25, 0.3) is 0 Å². The van der Waals surface area contributed by atoms with E-state index in [9.17, 15) is 4.79 Å². The topological polar surface area (TPSA) is 38.3 Å². The third-order valence-corrected chi connectivity index (χ3v) is 3.36. The molecule has 0 aromatic heterocycles. The number of aryl methyl sites for hydroxylation is 1. The lowest BCUT2D eigenvalue weighted by molar-refractivity contribution is 0.0921. The van der Waals surface area contributed by atoms with Crippen LogP contribution < -0.4 is 10.1 Å². The van der Waals surface area contributed by atoms with Gasteiger partial charge in [-0.2, -0.15) is 0 Å². The van der Waals surface area contributed by atoms with Crippen molar-refractivity contribution < 1.29 is 9.53 Å². The Morgan fingerprint density at radius 1 is 1.42 bits per heavy atom. The maximum Gasteiger partial charge on any atom is 0.255 e. The van der Waals surface area contributed by atoms with Crippen LogP contribution in [0.15, 0.2) is 18.2 Å². The van der Waals surface area contributed by atoms with Gasteiger partial charge >= 0.3 is 0 Å². The molecule has 0 saturated heterocycles. The Labute approximate surface area is 120 Å². The van der Waals surface area contributed by atoms with Gasteiger partial charge in [0.15, 0.2) is 0 Å². The monoisotopic (exact) mass is 283 g/mol. The molecule has 1 N–H and O–H groups in total. The molecule has 0 fully saturated rings. The van der Waals surface area contributed by atoms with E-state index in [1.165, 1.54) is 0 Å². The van der Waals surface area contributed by atoms with Crippen molar-refractivity contribution in [2.75, 3.05) is 13.0 Å². The van der Waals surface area contributed by atoms with Crippen molar-refractivity contribution >= 4 is 17.5 Å². The van der Waals surface area contributed by atoms with Gasteiger partial charge in [-0.15, -0.1) is 11.6 Å². The highest BCUT2D eigenvalue weighted by Gasteiger charge is 2.19. The Morgan fingerprint density at radius 3 is 2.63 bits per heavy atom. The second kappa shape index (κ2) is 7.39. The summed E-state index contributed by atoms with van der Waals surface area (Å²) < 4.78 is 5.24. The number of ether oxygens (including phenoxy) is 1. The Kier molecular flexibility index (Phi) is 6.16. The molecule has 1 aromatic rings. The second-order valence-corrected chi connectivity index (χ2v) is 5.38. The number of carbonyl (C=O) groups excluding carboxylic acids is 1. The molecular formula is C15H22ClNO2. The Balaban J connectivity index is 2.90. The van der Waals surface area contributed by atoms with Crippen molar-refractivity contribution in [1.82, 2.24) is 5.32 Å². The quantitative estimate of drug-likeness (QED) is 0.813. The van der Waals surface area contributed by atoms with Gasteiger partial charge in [0.1, 0.15) is 5.75 Å². The molecule has 1 unspecified atom stereocenters. The van der Waals surface area contributed by atoms with Gasteiger partial charge in [0.2, 0.25) is 0 Å². The largest absolute Gasteiger partial charge is 0.496 e. The zero-order valence-electron chi connectivity index (χ0n) is 12.0. The summed E-state index contributed by atoms with van der Waals surface area (Å²) >= 11 is 5.78. The van der Waals surface area contributed by atoms with Crippen molar-refractivity contribution in [2.24, 2.45) is 5.92 Å². The summed E-state index contributed by atoms with van der Waals surface area (Å²) in [5.74, 6) is 1.37. The summed E-state index contributed by atoms with van der Waals surface area (Å²) in [6.07, 6.45) is 0.763. The van der Waals surface area contributed by atoms with Crippen LogP contribution in [0.4, 0.5) is 0 Å². The first-order chi connectivity index (χ1) is 8.99. The van der Waals surface area contributed by atoms with Crippen molar-refractivity contribution in [1.29, 1.82) is 0 Å². The number of rotatable bonds is 6. The van der Waals surface area contributed by atoms with E-state index in [0.717, 1.165) is 12.0 Å². The van der Waals surface area contributed by atoms with Gasteiger partial charge in [0.05, 0.1) is 12.7 Å². The highest BCUT2D eigenvalue weighted by Crippen LogP contribution is 2.20. The number of benzene rings is 1. The summed E-state index contributed by atoms with van der Waals surface area (Å²) in [5, 5.41) is 3.03. The maximum absolute atomic E-state index is 12.3. The number of carbonyl (C=O) groups is 1. The molecule has 1 atom stereocenters. The molecule has 106 valence electrons. The van der Waals surface area contributed by atoms with Gasteiger partial charge in [0.25, 0.3) is 5.91 Å². The van der Waals surface area contributed by atoms with Gasteiger partial charge < -0.3 is 10.1 Å². The number of methoxy groups -OCH3 is 1. The van der Waals surface area contributed by atoms with Crippen LogP contribution in [0.1, 0.15) is 36.2 Å². The highest BCUT2D eigenvalue weighted by molar-refractivity contribution is 6.17. The molecule has 0 radical (unpaired) electrons. The van der Waals surface area contributed by atoms with Crippen LogP contribution in [0, 0.1) is 12.8 Å².